The van der Waals surface area contributed by atoms with Crippen LogP contribution in [0.1, 0.15) is 0 Å². The molecule has 0 fully saturated rings. The Balaban J connectivity index is 2.21. The number of ether oxygens (including phenoxy) is 1. The molecule has 0 saturated carbocycles. The lowest BCUT2D eigenvalue weighted by molar-refractivity contribution is -0.189. The average Bonchev–Trinajstić information content (AvgIpc) is 2.79. The first kappa shape index (κ1) is 13.2. The maximum absolute atomic E-state index is 12.3. The molecule has 106 valence electrons. The molecule has 0 atom stereocenters. The van der Waals surface area contributed by atoms with E-state index in [1.165, 1.54) is 18.3 Å². The van der Waals surface area contributed by atoms with Gasteiger partial charge in [0.1, 0.15) is 11.4 Å². The number of carbonyl (C=O) groups excluding carboxylic acids is 1. The molecule has 0 amide bonds. The van der Waals surface area contributed by atoms with E-state index in [1.807, 2.05) is 0 Å². The van der Waals surface area contributed by atoms with Gasteiger partial charge in [-0.05, 0) is 22.7 Å². The van der Waals surface area contributed by atoms with Crippen LogP contribution in [0.5, 0.6) is 5.75 Å². The van der Waals surface area contributed by atoms with E-state index in [0.29, 0.717) is 5.39 Å². The van der Waals surface area contributed by atoms with Crippen LogP contribution in [0.4, 0.5) is 13.2 Å². The van der Waals surface area contributed by atoms with Gasteiger partial charge < -0.3 is 4.74 Å². The lowest BCUT2D eigenvalue weighted by Gasteiger charge is -2.08. The largest absolute Gasteiger partial charge is 0.491 e. The van der Waals surface area contributed by atoms with Crippen molar-refractivity contribution in [2.45, 2.75) is 6.18 Å². The number of carbonyl (C=O) groups is 1. The molecule has 0 N–H and O–H groups in total. The van der Waals surface area contributed by atoms with E-state index in [-0.39, 0.29) is 22.7 Å². The fourth-order valence-electron chi connectivity index (χ4n) is 1.82. The Morgan fingerprint density at radius 1 is 1.14 bits per heavy atom. The molecule has 0 aromatic heterocycles. The number of halogens is 3. The summed E-state index contributed by atoms with van der Waals surface area (Å²) in [5.41, 5.74) is 0.153. The molecule has 0 bridgehead atoms. The third kappa shape index (κ3) is 2.33. The highest BCUT2D eigenvalue weighted by molar-refractivity contribution is 5.99. The van der Waals surface area contributed by atoms with E-state index in [1.54, 1.807) is 12.1 Å². The lowest BCUT2D eigenvalue weighted by Crippen LogP contribution is -2.28. The van der Waals surface area contributed by atoms with Crippen molar-refractivity contribution in [3.05, 3.63) is 30.5 Å². The van der Waals surface area contributed by atoms with Crippen molar-refractivity contribution in [3.63, 3.8) is 0 Å². The van der Waals surface area contributed by atoms with E-state index in [4.69, 9.17) is 0 Å². The van der Waals surface area contributed by atoms with Crippen molar-refractivity contribution < 1.29 is 22.7 Å². The smallest absolute Gasteiger partial charge is 0.419 e. The highest BCUT2D eigenvalue weighted by Gasteiger charge is 2.41. The number of aromatic nitrogens is 4. The van der Waals surface area contributed by atoms with E-state index >= 15 is 0 Å². The number of nitrogens with zero attached hydrogens (tertiary/aromatic N) is 4. The molecule has 1 aromatic rings. The Bertz CT molecular complexity index is 806. The third-order valence-corrected chi connectivity index (χ3v) is 2.68. The summed E-state index contributed by atoms with van der Waals surface area (Å²) in [4.78, 5) is 15.0. The average molecular weight is 294 g/mol. The molecule has 2 aliphatic heterocycles. The molecule has 0 radical (unpaired) electrons. The predicted octanol–water partition coefficient (Wildman–Crippen LogP) is 1.99. The van der Waals surface area contributed by atoms with Crippen LogP contribution in [0.15, 0.2) is 30.5 Å². The molecule has 21 heavy (non-hydrogen) atoms. The minimum absolute atomic E-state index is 0.139. The van der Waals surface area contributed by atoms with Gasteiger partial charge in [-0.25, -0.2) is 9.78 Å². The maximum atomic E-state index is 12.3. The quantitative estimate of drug-likeness (QED) is 0.504. The number of benzene rings is 1. The van der Waals surface area contributed by atoms with Gasteiger partial charge in [0.15, 0.2) is 0 Å². The van der Waals surface area contributed by atoms with Crippen LogP contribution < -0.4 is 4.74 Å². The Kier molecular flexibility index (Phi) is 2.89. The summed E-state index contributed by atoms with van der Waals surface area (Å²) in [5, 5.41) is 11.5. The molecule has 0 unspecified atom stereocenters. The van der Waals surface area contributed by atoms with Gasteiger partial charge in [0.05, 0.1) is 5.39 Å². The van der Waals surface area contributed by atoms with Crippen LogP contribution in [0, 0.1) is 0 Å². The Hall–Kier alpha value is -2.84. The second-order valence-corrected chi connectivity index (χ2v) is 4.01. The second kappa shape index (κ2) is 4.62. The van der Waals surface area contributed by atoms with Crippen molar-refractivity contribution in [3.8, 4) is 17.3 Å². The Labute approximate surface area is 114 Å². The van der Waals surface area contributed by atoms with Gasteiger partial charge in [-0.2, -0.15) is 13.2 Å². The monoisotopic (exact) mass is 294 g/mol. The summed E-state index contributed by atoms with van der Waals surface area (Å²) in [6, 6.07) is 5.86. The molecule has 0 spiro atoms. The zero-order valence-electron chi connectivity index (χ0n) is 10.1. The van der Waals surface area contributed by atoms with Crippen molar-refractivity contribution in [2.75, 3.05) is 0 Å². The summed E-state index contributed by atoms with van der Waals surface area (Å²) in [6.45, 7) is 0. The van der Waals surface area contributed by atoms with Gasteiger partial charge in [0.2, 0.25) is 5.82 Å². The second-order valence-electron chi connectivity index (χ2n) is 4.01. The number of alkyl halides is 3. The van der Waals surface area contributed by atoms with Crippen LogP contribution in [0.2, 0.25) is 0 Å². The summed E-state index contributed by atoms with van der Waals surface area (Å²) in [6.07, 6.45) is -3.68. The van der Waals surface area contributed by atoms with Crippen molar-refractivity contribution >= 4 is 16.7 Å². The summed E-state index contributed by atoms with van der Waals surface area (Å²) < 4.78 is 41.4. The van der Waals surface area contributed by atoms with Gasteiger partial charge in [0.25, 0.3) is 0 Å². The molecule has 2 aliphatic rings. The third-order valence-electron chi connectivity index (χ3n) is 2.68. The zero-order valence-corrected chi connectivity index (χ0v) is 10.1. The summed E-state index contributed by atoms with van der Waals surface area (Å²) >= 11 is 0. The normalized spacial score (nSPS) is 11.8. The van der Waals surface area contributed by atoms with Crippen LogP contribution in [-0.4, -0.2) is 32.5 Å². The predicted molar refractivity (Wildman–Crippen MR) is 63.4 cm³/mol. The van der Waals surface area contributed by atoms with Gasteiger partial charge in [-0.3, -0.25) is 0 Å². The minimum atomic E-state index is -5.09. The van der Waals surface area contributed by atoms with Gasteiger partial charge >= 0.3 is 12.1 Å². The minimum Gasteiger partial charge on any atom is -0.419 e. The fourth-order valence-corrected chi connectivity index (χ4v) is 1.82. The van der Waals surface area contributed by atoms with Crippen LogP contribution >= 0.6 is 0 Å². The Morgan fingerprint density at radius 3 is 2.71 bits per heavy atom. The highest BCUT2D eigenvalue weighted by atomic mass is 19.4. The molecule has 9 heteroatoms. The first-order valence-corrected chi connectivity index (χ1v) is 5.62. The molecule has 0 saturated heterocycles. The van der Waals surface area contributed by atoms with Gasteiger partial charge in [-0.15, -0.1) is 10.2 Å². The summed E-state index contributed by atoms with van der Waals surface area (Å²) in [5.74, 6) is -2.45. The highest BCUT2D eigenvalue weighted by Crippen LogP contribution is 2.33. The number of hydrogen-bond donors (Lipinski definition) is 0. The van der Waals surface area contributed by atoms with Crippen molar-refractivity contribution in [2.24, 2.45) is 0 Å². The number of esters is 1. The standard InChI is InChI=1S/C12H5F3N4O2/c13-12(14,15)11(20)21-7-3-1-2-6-4-5-16-10-9(8(6)7)17-19-18-10/h1-5H. The topological polar surface area (TPSA) is 77.9 Å². The molecule has 0 aliphatic carbocycles. The molecular formula is C12H5F3N4O2. The lowest BCUT2D eigenvalue weighted by atomic mass is 10.1. The van der Waals surface area contributed by atoms with Crippen molar-refractivity contribution in [1.29, 1.82) is 0 Å². The van der Waals surface area contributed by atoms with Gasteiger partial charge in [-0.1, -0.05) is 12.1 Å². The number of fused-ring (bicyclic) bond motifs is 3. The molecule has 6 nitrogen and oxygen atoms in total. The number of rotatable bonds is 1. The SMILES string of the molecule is O=C(Oc1cccc2ccnc3nnnc-3c12)C(F)(F)F. The van der Waals surface area contributed by atoms with Crippen LogP contribution in [0.25, 0.3) is 22.3 Å². The zero-order chi connectivity index (χ0) is 15.0. The molecule has 2 heterocycles. The summed E-state index contributed by atoms with van der Waals surface area (Å²) in [7, 11) is 0. The molecular weight excluding hydrogens is 289 g/mol. The molecule has 3 rings (SSSR count). The van der Waals surface area contributed by atoms with E-state index in [0.717, 1.165) is 0 Å². The van der Waals surface area contributed by atoms with E-state index < -0.39 is 12.1 Å². The van der Waals surface area contributed by atoms with Crippen molar-refractivity contribution in [1.82, 2.24) is 20.4 Å². The Morgan fingerprint density at radius 2 is 1.95 bits per heavy atom. The van der Waals surface area contributed by atoms with Gasteiger partial charge in [0, 0.05) is 6.20 Å². The number of hydrogen-bond acceptors (Lipinski definition) is 6. The van der Waals surface area contributed by atoms with Crippen LogP contribution in [0.3, 0.4) is 0 Å². The first-order valence-electron chi connectivity index (χ1n) is 5.62. The first-order chi connectivity index (χ1) is 9.97. The van der Waals surface area contributed by atoms with Crippen LogP contribution in [-0.2, 0) is 4.79 Å². The van der Waals surface area contributed by atoms with E-state index in [2.05, 4.69) is 25.1 Å². The fraction of sp³-hybridized carbons (Fsp3) is 0.0833. The van der Waals surface area contributed by atoms with E-state index in [9.17, 15) is 18.0 Å². The maximum Gasteiger partial charge on any atom is 0.491 e. The molecule has 1 aromatic carbocycles.